The Morgan fingerprint density at radius 3 is 2.32 bits per heavy atom. The quantitative estimate of drug-likeness (QED) is 0.376. The second-order valence-corrected chi connectivity index (χ2v) is 9.82. The van der Waals surface area contributed by atoms with Crippen LogP contribution in [0.25, 0.3) is 17.1 Å². The highest BCUT2D eigenvalue weighted by Crippen LogP contribution is 2.30. The lowest BCUT2D eigenvalue weighted by Gasteiger charge is -2.35. The average Bonchev–Trinajstić information content (AvgIpc) is 3.52. The highest BCUT2D eigenvalue weighted by molar-refractivity contribution is 5.54. The van der Waals surface area contributed by atoms with E-state index < -0.39 is 11.7 Å². The van der Waals surface area contributed by atoms with Crippen LogP contribution in [0.1, 0.15) is 29.7 Å². The molecule has 0 unspecified atom stereocenters. The molecule has 1 aliphatic carbocycles. The van der Waals surface area contributed by atoms with Gasteiger partial charge in [0.2, 0.25) is 0 Å². The van der Waals surface area contributed by atoms with Crippen LogP contribution in [-0.2, 0) is 12.7 Å². The Kier molecular flexibility index (Phi) is 5.98. The maximum atomic E-state index is 12.9. The highest BCUT2D eigenvalue weighted by Gasteiger charge is 2.31. The van der Waals surface area contributed by atoms with Gasteiger partial charge in [0, 0.05) is 56.0 Å². The van der Waals surface area contributed by atoms with E-state index in [0.29, 0.717) is 23.6 Å². The number of alkyl halides is 3. The van der Waals surface area contributed by atoms with Gasteiger partial charge in [0.25, 0.3) is 0 Å². The third kappa shape index (κ3) is 5.11. The molecule has 2 fully saturated rings. The van der Waals surface area contributed by atoms with Crippen molar-refractivity contribution in [3.8, 4) is 17.1 Å². The number of piperazine rings is 1. The maximum absolute atomic E-state index is 12.9. The standard InChI is InChI=1S/C27H28F3N7/c1-19-14-24(25-17-36(18-32-25)23-5-3-21(4-6-23)27(28,29)30)33-37(19)16-20-2-9-26(31-15-20)35-12-10-34(11-13-35)22-7-8-22/h2-6,9,14-15,17-18,22H,7-8,10-13,16H2,1H3. The number of pyridine rings is 1. The normalized spacial score (nSPS) is 16.9. The van der Waals surface area contributed by atoms with Crippen LogP contribution >= 0.6 is 0 Å². The van der Waals surface area contributed by atoms with Crippen molar-refractivity contribution >= 4 is 5.82 Å². The summed E-state index contributed by atoms with van der Waals surface area (Å²) >= 11 is 0. The van der Waals surface area contributed by atoms with E-state index in [-0.39, 0.29) is 0 Å². The number of halogens is 3. The molecule has 3 aromatic heterocycles. The molecule has 4 heterocycles. The van der Waals surface area contributed by atoms with Crippen LogP contribution in [0.15, 0.2) is 61.2 Å². The highest BCUT2D eigenvalue weighted by atomic mass is 19.4. The lowest BCUT2D eigenvalue weighted by atomic mass is 10.2. The lowest BCUT2D eigenvalue weighted by molar-refractivity contribution is -0.137. The molecule has 192 valence electrons. The van der Waals surface area contributed by atoms with Crippen molar-refractivity contribution in [1.29, 1.82) is 0 Å². The zero-order valence-corrected chi connectivity index (χ0v) is 20.6. The van der Waals surface area contributed by atoms with Crippen molar-refractivity contribution in [3.05, 3.63) is 78.0 Å². The van der Waals surface area contributed by atoms with E-state index in [1.165, 1.54) is 25.0 Å². The minimum absolute atomic E-state index is 0.591. The molecule has 1 aromatic carbocycles. The Balaban J connectivity index is 1.11. The van der Waals surface area contributed by atoms with E-state index in [4.69, 9.17) is 10.1 Å². The van der Waals surface area contributed by atoms with E-state index in [2.05, 4.69) is 26.9 Å². The zero-order valence-electron chi connectivity index (χ0n) is 20.6. The molecule has 4 aromatic rings. The monoisotopic (exact) mass is 507 g/mol. The number of hydrogen-bond donors (Lipinski definition) is 0. The van der Waals surface area contributed by atoms with Crippen molar-refractivity contribution in [2.24, 2.45) is 0 Å². The van der Waals surface area contributed by atoms with Gasteiger partial charge in [-0.25, -0.2) is 9.97 Å². The van der Waals surface area contributed by atoms with Crippen molar-refractivity contribution in [2.75, 3.05) is 31.1 Å². The Morgan fingerprint density at radius 2 is 1.68 bits per heavy atom. The molecule has 6 rings (SSSR count). The van der Waals surface area contributed by atoms with Gasteiger partial charge < -0.3 is 9.47 Å². The molecule has 7 nitrogen and oxygen atoms in total. The van der Waals surface area contributed by atoms with E-state index in [9.17, 15) is 13.2 Å². The second kappa shape index (κ2) is 9.33. The van der Waals surface area contributed by atoms with Crippen LogP contribution in [-0.4, -0.2) is 61.4 Å². The third-order valence-corrected chi connectivity index (χ3v) is 7.16. The number of anilines is 1. The molecule has 2 aliphatic rings. The van der Waals surface area contributed by atoms with E-state index in [0.717, 1.165) is 61.4 Å². The summed E-state index contributed by atoms with van der Waals surface area (Å²) < 4.78 is 42.2. The van der Waals surface area contributed by atoms with Gasteiger partial charge in [0.15, 0.2) is 0 Å². The molecular formula is C27H28F3N7. The Hall–Kier alpha value is -3.66. The minimum Gasteiger partial charge on any atom is -0.354 e. The van der Waals surface area contributed by atoms with E-state index in [1.54, 1.807) is 17.1 Å². The molecule has 0 radical (unpaired) electrons. The fourth-order valence-electron chi connectivity index (χ4n) is 4.84. The smallest absolute Gasteiger partial charge is 0.354 e. The van der Waals surface area contributed by atoms with Crippen LogP contribution in [0.3, 0.4) is 0 Å². The summed E-state index contributed by atoms with van der Waals surface area (Å²) in [6.45, 7) is 6.84. The summed E-state index contributed by atoms with van der Waals surface area (Å²) in [5, 5.41) is 4.72. The predicted molar refractivity (Wildman–Crippen MR) is 135 cm³/mol. The number of aromatic nitrogens is 5. The van der Waals surface area contributed by atoms with Gasteiger partial charge in [0.05, 0.1) is 18.4 Å². The molecule has 37 heavy (non-hydrogen) atoms. The number of hydrogen-bond acceptors (Lipinski definition) is 5. The van der Waals surface area contributed by atoms with Crippen molar-refractivity contribution in [1.82, 2.24) is 29.2 Å². The molecule has 0 N–H and O–H groups in total. The van der Waals surface area contributed by atoms with Gasteiger partial charge in [-0.1, -0.05) is 6.07 Å². The van der Waals surface area contributed by atoms with Crippen molar-refractivity contribution in [3.63, 3.8) is 0 Å². The van der Waals surface area contributed by atoms with Crippen LogP contribution in [0.4, 0.5) is 19.0 Å². The van der Waals surface area contributed by atoms with E-state index >= 15 is 0 Å². The summed E-state index contributed by atoms with van der Waals surface area (Å²) in [4.78, 5) is 14.1. The summed E-state index contributed by atoms with van der Waals surface area (Å²) in [5.41, 5.74) is 3.34. The minimum atomic E-state index is -4.36. The first-order chi connectivity index (χ1) is 17.8. The van der Waals surface area contributed by atoms with Crippen LogP contribution < -0.4 is 4.90 Å². The van der Waals surface area contributed by atoms with Gasteiger partial charge in [-0.15, -0.1) is 0 Å². The largest absolute Gasteiger partial charge is 0.416 e. The first kappa shape index (κ1) is 23.7. The molecule has 1 saturated carbocycles. The molecular weight excluding hydrogens is 479 g/mol. The number of nitrogens with zero attached hydrogens (tertiary/aromatic N) is 7. The number of aryl methyl sites for hydroxylation is 1. The molecule has 0 amide bonds. The number of imidazole rings is 1. The molecule has 0 atom stereocenters. The topological polar surface area (TPSA) is 55.0 Å². The van der Waals surface area contributed by atoms with Crippen LogP contribution in [0.5, 0.6) is 0 Å². The Morgan fingerprint density at radius 1 is 0.919 bits per heavy atom. The van der Waals surface area contributed by atoms with Gasteiger partial charge in [-0.2, -0.15) is 18.3 Å². The molecule has 0 bridgehead atoms. The summed E-state index contributed by atoms with van der Waals surface area (Å²) in [6.07, 6.45) is 3.62. The SMILES string of the molecule is Cc1cc(-c2cn(-c3ccc(C(F)(F)F)cc3)cn2)nn1Cc1ccc(N2CCN(C3CC3)CC2)nc1. The molecule has 10 heteroatoms. The van der Waals surface area contributed by atoms with Gasteiger partial charge in [-0.3, -0.25) is 9.58 Å². The Labute approximate surface area is 213 Å². The van der Waals surface area contributed by atoms with Crippen molar-refractivity contribution < 1.29 is 13.2 Å². The molecule has 0 spiro atoms. The molecule has 1 saturated heterocycles. The lowest BCUT2D eigenvalue weighted by Crippen LogP contribution is -2.47. The average molecular weight is 508 g/mol. The van der Waals surface area contributed by atoms with Gasteiger partial charge in [-0.05, 0) is 61.7 Å². The fourth-order valence-corrected chi connectivity index (χ4v) is 4.84. The van der Waals surface area contributed by atoms with Gasteiger partial charge >= 0.3 is 6.18 Å². The second-order valence-electron chi connectivity index (χ2n) is 9.82. The number of rotatable bonds is 6. The number of benzene rings is 1. The first-order valence-electron chi connectivity index (χ1n) is 12.5. The van der Waals surface area contributed by atoms with Crippen LogP contribution in [0.2, 0.25) is 0 Å². The Bertz CT molecular complexity index is 1360. The third-order valence-electron chi connectivity index (χ3n) is 7.16. The van der Waals surface area contributed by atoms with Gasteiger partial charge in [0.1, 0.15) is 17.2 Å². The first-order valence-corrected chi connectivity index (χ1v) is 12.5. The van der Waals surface area contributed by atoms with Crippen LogP contribution in [0, 0.1) is 6.92 Å². The summed E-state index contributed by atoms with van der Waals surface area (Å²) in [7, 11) is 0. The fraction of sp³-hybridized carbons (Fsp3) is 0.370. The maximum Gasteiger partial charge on any atom is 0.416 e. The molecule has 1 aliphatic heterocycles. The van der Waals surface area contributed by atoms with Crippen molar-refractivity contribution in [2.45, 2.75) is 38.5 Å². The predicted octanol–water partition coefficient (Wildman–Crippen LogP) is 4.79. The zero-order chi connectivity index (χ0) is 25.6. The summed E-state index contributed by atoms with van der Waals surface area (Å²) in [6, 6.07) is 12.0. The van der Waals surface area contributed by atoms with E-state index in [1.807, 2.05) is 23.9 Å². The summed E-state index contributed by atoms with van der Waals surface area (Å²) in [5.74, 6) is 1.02.